The van der Waals surface area contributed by atoms with Crippen molar-refractivity contribution in [2.75, 3.05) is 56.2 Å². The first-order valence-corrected chi connectivity index (χ1v) is 13.6. The molecule has 1 saturated carbocycles. The second-order valence-corrected chi connectivity index (χ2v) is 10.6. The molecule has 6 rings (SSSR count). The lowest BCUT2D eigenvalue weighted by Crippen LogP contribution is -2.46. The van der Waals surface area contributed by atoms with Gasteiger partial charge in [0.25, 0.3) is 12.3 Å². The molecular weight excluding hydrogens is 508 g/mol. The lowest BCUT2D eigenvalue weighted by Gasteiger charge is -2.28. The van der Waals surface area contributed by atoms with E-state index >= 15 is 0 Å². The van der Waals surface area contributed by atoms with Gasteiger partial charge in [-0.05, 0) is 50.2 Å². The molecule has 0 unspecified atom stereocenters. The van der Waals surface area contributed by atoms with E-state index in [0.717, 1.165) is 19.3 Å². The van der Waals surface area contributed by atoms with E-state index in [9.17, 15) is 18.7 Å². The minimum Gasteiger partial charge on any atom is -0.380 e. The summed E-state index contributed by atoms with van der Waals surface area (Å²) in [7, 11) is 0. The number of nitrogens with zero attached hydrogens (tertiary/aromatic N) is 6. The summed E-state index contributed by atoms with van der Waals surface area (Å²) in [5, 5.41) is 14.1. The minimum atomic E-state index is -2.78. The number of nitrogens with one attached hydrogen (secondary N) is 1. The van der Waals surface area contributed by atoms with Crippen LogP contribution in [0.4, 0.5) is 20.5 Å². The average Bonchev–Trinajstić information content (AvgIpc) is 3.71. The molecule has 0 radical (unpaired) electrons. The maximum absolute atomic E-state index is 14.1. The number of halogens is 2. The highest BCUT2D eigenvalue weighted by atomic mass is 19.3. The van der Waals surface area contributed by atoms with Crippen LogP contribution in [0.3, 0.4) is 0 Å². The molecule has 1 atom stereocenters. The summed E-state index contributed by atoms with van der Waals surface area (Å²) < 4.78 is 35.0. The average molecular weight is 542 g/mol. The number of para-hydroxylation sites is 2. The molecule has 3 aliphatic rings. The summed E-state index contributed by atoms with van der Waals surface area (Å²) in [6.07, 6.45) is 0.841. The van der Waals surface area contributed by atoms with Crippen LogP contribution in [-0.4, -0.2) is 87.0 Å². The number of imidazole rings is 1. The second kappa shape index (κ2) is 10.6. The Kier molecular flexibility index (Phi) is 7.06. The number of carbonyl (C=O) groups is 1. The normalized spacial score (nSPS) is 21.3. The van der Waals surface area contributed by atoms with Gasteiger partial charge in [-0.3, -0.25) is 9.36 Å². The van der Waals surface area contributed by atoms with Crippen LogP contribution in [0, 0.1) is 5.92 Å². The first-order chi connectivity index (χ1) is 18.9. The summed E-state index contributed by atoms with van der Waals surface area (Å²) in [5.41, 5.74) is -0.207. The smallest absolute Gasteiger partial charge is 0.296 e. The highest BCUT2D eigenvalue weighted by molar-refractivity contribution is 5.85. The number of hydrogen-bond donors (Lipinski definition) is 2. The minimum absolute atomic E-state index is 0.159. The zero-order valence-corrected chi connectivity index (χ0v) is 21.7. The van der Waals surface area contributed by atoms with Gasteiger partial charge in [-0.2, -0.15) is 9.97 Å². The van der Waals surface area contributed by atoms with Gasteiger partial charge in [0.1, 0.15) is 17.2 Å². The van der Waals surface area contributed by atoms with Crippen molar-refractivity contribution >= 4 is 28.7 Å². The van der Waals surface area contributed by atoms with Crippen LogP contribution < -0.4 is 10.2 Å². The molecule has 2 N–H and O–H groups in total. The molecule has 2 aliphatic heterocycles. The third kappa shape index (κ3) is 5.14. The van der Waals surface area contributed by atoms with Crippen LogP contribution in [0.1, 0.15) is 44.4 Å². The zero-order valence-electron chi connectivity index (χ0n) is 21.7. The largest absolute Gasteiger partial charge is 0.380 e. The van der Waals surface area contributed by atoms with Gasteiger partial charge in [-0.15, -0.1) is 0 Å². The third-order valence-electron chi connectivity index (χ3n) is 7.98. The van der Waals surface area contributed by atoms with E-state index in [1.165, 1.54) is 4.57 Å². The van der Waals surface area contributed by atoms with Gasteiger partial charge in [0, 0.05) is 38.8 Å². The summed E-state index contributed by atoms with van der Waals surface area (Å²) in [5.74, 6) is 0.901. The molecule has 39 heavy (non-hydrogen) atoms. The van der Waals surface area contributed by atoms with Crippen LogP contribution in [-0.2, 0) is 9.53 Å². The zero-order chi connectivity index (χ0) is 27.0. The lowest BCUT2D eigenvalue weighted by atomic mass is 10.0. The second-order valence-electron chi connectivity index (χ2n) is 10.6. The van der Waals surface area contributed by atoms with E-state index in [2.05, 4.69) is 15.3 Å². The molecular formula is C27H33F2N7O3. The summed E-state index contributed by atoms with van der Waals surface area (Å²) in [6.45, 7) is 3.98. The first kappa shape index (κ1) is 25.9. The molecule has 0 bridgehead atoms. The first-order valence-electron chi connectivity index (χ1n) is 13.6. The Morgan fingerprint density at radius 1 is 1.13 bits per heavy atom. The molecule has 208 valence electrons. The maximum atomic E-state index is 14.1. The number of anilines is 2. The van der Waals surface area contributed by atoms with Crippen LogP contribution in [0.2, 0.25) is 0 Å². The van der Waals surface area contributed by atoms with Gasteiger partial charge in [0.05, 0.1) is 24.2 Å². The summed E-state index contributed by atoms with van der Waals surface area (Å²) >= 11 is 0. The van der Waals surface area contributed by atoms with Gasteiger partial charge in [-0.1, -0.05) is 12.1 Å². The SMILES string of the molecule is O=C(N1CC[C@H](CNc2cc(-n3c(C(F)F)nc4ccccc43)nc(N3CCOCC3)n2)C1)C1(O)CCCC1. The predicted molar refractivity (Wildman–Crippen MR) is 141 cm³/mol. The fourth-order valence-electron chi connectivity index (χ4n) is 5.86. The van der Waals surface area contributed by atoms with Crippen molar-refractivity contribution in [2.24, 2.45) is 5.92 Å². The predicted octanol–water partition coefficient (Wildman–Crippen LogP) is 3.16. The number of aromatic nitrogens is 4. The molecule has 2 aromatic heterocycles. The molecule has 1 amide bonds. The van der Waals surface area contributed by atoms with Crippen LogP contribution in [0.25, 0.3) is 16.9 Å². The molecule has 3 aromatic rings. The number of amides is 1. The highest BCUT2D eigenvalue weighted by Crippen LogP contribution is 2.33. The number of ether oxygens (including phenoxy) is 1. The van der Waals surface area contributed by atoms with Crippen molar-refractivity contribution in [3.8, 4) is 5.82 Å². The van der Waals surface area contributed by atoms with Crippen molar-refractivity contribution in [1.82, 2.24) is 24.4 Å². The molecule has 2 saturated heterocycles. The third-order valence-corrected chi connectivity index (χ3v) is 7.98. The number of carbonyl (C=O) groups excluding carboxylic acids is 1. The number of aliphatic hydroxyl groups is 1. The number of rotatable bonds is 7. The molecule has 1 aliphatic carbocycles. The van der Waals surface area contributed by atoms with Crippen molar-refractivity contribution in [3.05, 3.63) is 36.2 Å². The highest BCUT2D eigenvalue weighted by Gasteiger charge is 2.43. The maximum Gasteiger partial charge on any atom is 0.296 e. The van der Waals surface area contributed by atoms with Crippen molar-refractivity contribution < 1.29 is 23.4 Å². The Bertz CT molecular complexity index is 1340. The number of hydrogen-bond acceptors (Lipinski definition) is 8. The van der Waals surface area contributed by atoms with Gasteiger partial charge < -0.3 is 25.0 Å². The van der Waals surface area contributed by atoms with Gasteiger partial charge in [0.15, 0.2) is 5.82 Å². The fraction of sp³-hybridized carbons (Fsp3) is 0.556. The van der Waals surface area contributed by atoms with E-state index in [0.29, 0.717) is 87.4 Å². The quantitative estimate of drug-likeness (QED) is 0.470. The number of alkyl halides is 2. The van der Waals surface area contributed by atoms with E-state index in [4.69, 9.17) is 9.72 Å². The number of benzene rings is 1. The number of fused-ring (bicyclic) bond motifs is 1. The van der Waals surface area contributed by atoms with Crippen molar-refractivity contribution in [2.45, 2.75) is 44.1 Å². The van der Waals surface area contributed by atoms with E-state index in [1.54, 1.807) is 35.2 Å². The summed E-state index contributed by atoms with van der Waals surface area (Å²) in [4.78, 5) is 30.3. The van der Waals surface area contributed by atoms with Crippen LogP contribution in [0.15, 0.2) is 30.3 Å². The van der Waals surface area contributed by atoms with Gasteiger partial charge in [0.2, 0.25) is 5.95 Å². The van der Waals surface area contributed by atoms with Crippen molar-refractivity contribution in [3.63, 3.8) is 0 Å². The molecule has 3 fully saturated rings. The van der Waals surface area contributed by atoms with Gasteiger partial charge in [-0.25, -0.2) is 13.8 Å². The topological polar surface area (TPSA) is 109 Å². The standard InChI is InChI=1S/C27H33F2N7O3/c28-23(29)24-31-19-5-1-2-6-20(19)36(24)22-15-21(32-26(33-22)34-11-13-39-14-12-34)30-16-18-7-10-35(17-18)25(37)27(38)8-3-4-9-27/h1-2,5-6,15,18,23,38H,3-4,7-14,16-17H2,(H,30,32,33)/t18-/m1/s1. The van der Waals surface area contributed by atoms with Crippen molar-refractivity contribution in [1.29, 1.82) is 0 Å². The Labute approximate surface area is 225 Å². The lowest BCUT2D eigenvalue weighted by molar-refractivity contribution is -0.149. The molecule has 1 aromatic carbocycles. The Balaban J connectivity index is 1.26. The Morgan fingerprint density at radius 3 is 2.67 bits per heavy atom. The fourth-order valence-corrected chi connectivity index (χ4v) is 5.86. The Hall–Kier alpha value is -3.38. The molecule has 4 heterocycles. The van der Waals surface area contributed by atoms with E-state index < -0.39 is 12.0 Å². The number of morpholine rings is 1. The number of likely N-dealkylation sites (tertiary alicyclic amines) is 1. The molecule has 0 spiro atoms. The van der Waals surface area contributed by atoms with E-state index in [-0.39, 0.29) is 17.6 Å². The monoisotopic (exact) mass is 541 g/mol. The van der Waals surface area contributed by atoms with Gasteiger partial charge >= 0.3 is 0 Å². The molecule has 12 heteroatoms. The van der Waals surface area contributed by atoms with E-state index in [1.807, 2.05) is 4.90 Å². The summed E-state index contributed by atoms with van der Waals surface area (Å²) in [6, 6.07) is 8.68. The van der Waals surface area contributed by atoms with Crippen LogP contribution >= 0.6 is 0 Å². The Morgan fingerprint density at radius 2 is 1.90 bits per heavy atom. The molecule has 10 nitrogen and oxygen atoms in total. The van der Waals surface area contributed by atoms with Crippen LogP contribution in [0.5, 0.6) is 0 Å².